The van der Waals surface area contributed by atoms with Gasteiger partial charge in [-0.2, -0.15) is 0 Å². The van der Waals surface area contributed by atoms with E-state index < -0.39 is 0 Å². The van der Waals surface area contributed by atoms with Gasteiger partial charge in [0.15, 0.2) is 0 Å². The van der Waals surface area contributed by atoms with Crippen LogP contribution in [0.4, 0.5) is 0 Å². The van der Waals surface area contributed by atoms with Gasteiger partial charge in [0.05, 0.1) is 6.10 Å². The van der Waals surface area contributed by atoms with Crippen LogP contribution >= 0.6 is 0 Å². The SMILES string of the molecule is C[C@H](O)[C@@H](C)/C=C/c1ccccc1. The molecule has 0 amide bonds. The van der Waals surface area contributed by atoms with E-state index in [4.69, 9.17) is 0 Å². The molecular weight excluding hydrogens is 160 g/mol. The van der Waals surface area contributed by atoms with Crippen LogP contribution in [0, 0.1) is 5.92 Å². The Balaban J connectivity index is 2.59. The second kappa shape index (κ2) is 4.83. The number of hydrogen-bond donors (Lipinski definition) is 1. The Bertz CT molecular complexity index is 262. The zero-order chi connectivity index (χ0) is 9.68. The summed E-state index contributed by atoms with van der Waals surface area (Å²) in [5.74, 6) is 0.209. The Morgan fingerprint density at radius 2 is 1.77 bits per heavy atom. The quantitative estimate of drug-likeness (QED) is 0.750. The Labute approximate surface area is 79.7 Å². The summed E-state index contributed by atoms with van der Waals surface area (Å²) in [7, 11) is 0. The van der Waals surface area contributed by atoms with Crippen molar-refractivity contribution in [2.24, 2.45) is 5.92 Å². The average molecular weight is 176 g/mol. The Hall–Kier alpha value is -1.08. The normalized spacial score (nSPS) is 15.9. The lowest BCUT2D eigenvalue weighted by atomic mass is 10.0. The van der Waals surface area contributed by atoms with Crippen LogP contribution in [0.25, 0.3) is 6.08 Å². The monoisotopic (exact) mass is 176 g/mol. The molecule has 0 aliphatic carbocycles. The average Bonchev–Trinajstić information content (AvgIpc) is 2.15. The largest absolute Gasteiger partial charge is 0.393 e. The summed E-state index contributed by atoms with van der Waals surface area (Å²) in [6.07, 6.45) is 3.79. The molecule has 1 aromatic rings. The van der Waals surface area contributed by atoms with E-state index >= 15 is 0 Å². The van der Waals surface area contributed by atoms with Crippen LogP contribution in [0.2, 0.25) is 0 Å². The van der Waals surface area contributed by atoms with E-state index in [-0.39, 0.29) is 12.0 Å². The minimum atomic E-state index is -0.278. The highest BCUT2D eigenvalue weighted by atomic mass is 16.3. The van der Waals surface area contributed by atoms with Gasteiger partial charge in [0.2, 0.25) is 0 Å². The molecule has 0 radical (unpaired) electrons. The zero-order valence-corrected chi connectivity index (χ0v) is 8.14. The van der Waals surface area contributed by atoms with Gasteiger partial charge in [-0.25, -0.2) is 0 Å². The predicted octanol–water partition coefficient (Wildman–Crippen LogP) is 2.72. The van der Waals surface area contributed by atoms with Crippen LogP contribution in [0.1, 0.15) is 19.4 Å². The third-order valence-electron chi connectivity index (χ3n) is 2.15. The first-order valence-corrected chi connectivity index (χ1v) is 4.61. The molecule has 0 bridgehead atoms. The van der Waals surface area contributed by atoms with Crippen LogP contribution in [-0.2, 0) is 0 Å². The minimum Gasteiger partial charge on any atom is -0.393 e. The van der Waals surface area contributed by atoms with E-state index in [0.717, 1.165) is 0 Å². The van der Waals surface area contributed by atoms with E-state index in [9.17, 15) is 5.11 Å². The molecule has 0 saturated carbocycles. The summed E-state index contributed by atoms with van der Waals surface area (Å²) in [6.45, 7) is 3.81. The Kier molecular flexibility index (Phi) is 3.71. The van der Waals surface area contributed by atoms with E-state index in [2.05, 4.69) is 0 Å². The number of hydrogen-bond acceptors (Lipinski definition) is 1. The molecule has 1 heteroatoms. The first-order chi connectivity index (χ1) is 6.20. The fourth-order valence-electron chi connectivity index (χ4n) is 0.988. The molecule has 0 saturated heterocycles. The highest BCUT2D eigenvalue weighted by Crippen LogP contribution is 2.08. The third kappa shape index (κ3) is 3.43. The van der Waals surface area contributed by atoms with Gasteiger partial charge in [-0.15, -0.1) is 0 Å². The first-order valence-electron chi connectivity index (χ1n) is 4.61. The Morgan fingerprint density at radius 3 is 2.31 bits per heavy atom. The van der Waals surface area contributed by atoms with E-state index in [0.29, 0.717) is 0 Å². The lowest BCUT2D eigenvalue weighted by Gasteiger charge is -2.08. The topological polar surface area (TPSA) is 20.2 Å². The van der Waals surface area contributed by atoms with Crippen LogP contribution in [0.3, 0.4) is 0 Å². The smallest absolute Gasteiger partial charge is 0.0572 e. The second-order valence-electron chi connectivity index (χ2n) is 3.37. The van der Waals surface area contributed by atoms with Gasteiger partial charge in [-0.1, -0.05) is 49.4 Å². The van der Waals surface area contributed by atoms with Gasteiger partial charge in [0.25, 0.3) is 0 Å². The van der Waals surface area contributed by atoms with Crippen LogP contribution < -0.4 is 0 Å². The summed E-state index contributed by atoms with van der Waals surface area (Å²) in [6, 6.07) is 10.1. The van der Waals surface area contributed by atoms with Crippen LogP contribution in [-0.4, -0.2) is 11.2 Å². The lowest BCUT2D eigenvalue weighted by Crippen LogP contribution is -2.09. The lowest BCUT2D eigenvalue weighted by molar-refractivity contribution is 0.157. The second-order valence-corrected chi connectivity index (χ2v) is 3.37. The molecule has 0 aliphatic heterocycles. The van der Waals surface area contributed by atoms with Crippen molar-refractivity contribution >= 4 is 6.08 Å². The van der Waals surface area contributed by atoms with Gasteiger partial charge >= 0.3 is 0 Å². The van der Waals surface area contributed by atoms with Crippen molar-refractivity contribution in [3.05, 3.63) is 42.0 Å². The van der Waals surface area contributed by atoms with Crippen LogP contribution in [0.5, 0.6) is 0 Å². The number of aliphatic hydroxyl groups excluding tert-OH is 1. The zero-order valence-electron chi connectivity index (χ0n) is 8.14. The third-order valence-corrected chi connectivity index (χ3v) is 2.15. The highest BCUT2D eigenvalue weighted by Gasteiger charge is 2.02. The predicted molar refractivity (Wildman–Crippen MR) is 56.3 cm³/mol. The molecular formula is C12H16O. The maximum absolute atomic E-state index is 9.25. The molecule has 0 heterocycles. The summed E-state index contributed by atoms with van der Waals surface area (Å²) >= 11 is 0. The number of aliphatic hydroxyl groups is 1. The molecule has 0 aliphatic rings. The standard InChI is InChI=1S/C12H16O/c1-10(11(2)13)8-9-12-6-4-3-5-7-12/h3-11,13H,1-2H3/b9-8+/t10-,11-/m0/s1. The van der Waals surface area contributed by atoms with Crippen molar-refractivity contribution in [3.8, 4) is 0 Å². The molecule has 0 spiro atoms. The van der Waals surface area contributed by atoms with Gasteiger partial charge in [-0.05, 0) is 18.4 Å². The van der Waals surface area contributed by atoms with E-state index in [1.165, 1.54) is 5.56 Å². The van der Waals surface area contributed by atoms with Crippen molar-refractivity contribution in [1.29, 1.82) is 0 Å². The molecule has 1 N–H and O–H groups in total. The fraction of sp³-hybridized carbons (Fsp3) is 0.333. The number of benzene rings is 1. The Morgan fingerprint density at radius 1 is 1.15 bits per heavy atom. The van der Waals surface area contributed by atoms with Crippen LogP contribution in [0.15, 0.2) is 36.4 Å². The maximum atomic E-state index is 9.25. The van der Waals surface area contributed by atoms with Crippen molar-refractivity contribution in [1.82, 2.24) is 0 Å². The summed E-state index contributed by atoms with van der Waals surface area (Å²) < 4.78 is 0. The van der Waals surface area contributed by atoms with Gasteiger partial charge in [0.1, 0.15) is 0 Å². The summed E-state index contributed by atoms with van der Waals surface area (Å²) in [5.41, 5.74) is 1.18. The van der Waals surface area contributed by atoms with Gasteiger partial charge in [-0.3, -0.25) is 0 Å². The molecule has 0 aromatic heterocycles. The molecule has 1 aromatic carbocycles. The van der Waals surface area contributed by atoms with Gasteiger partial charge < -0.3 is 5.11 Å². The highest BCUT2D eigenvalue weighted by molar-refractivity contribution is 5.48. The molecule has 2 atom stereocenters. The molecule has 70 valence electrons. The maximum Gasteiger partial charge on any atom is 0.0572 e. The summed E-state index contributed by atoms with van der Waals surface area (Å²) in [4.78, 5) is 0. The molecule has 13 heavy (non-hydrogen) atoms. The van der Waals surface area contributed by atoms with Crippen molar-refractivity contribution in [2.75, 3.05) is 0 Å². The van der Waals surface area contributed by atoms with Crippen molar-refractivity contribution in [2.45, 2.75) is 20.0 Å². The van der Waals surface area contributed by atoms with E-state index in [1.807, 2.05) is 49.4 Å². The molecule has 1 nitrogen and oxygen atoms in total. The van der Waals surface area contributed by atoms with E-state index in [1.54, 1.807) is 6.92 Å². The molecule has 0 unspecified atom stereocenters. The minimum absolute atomic E-state index is 0.209. The summed E-state index contributed by atoms with van der Waals surface area (Å²) in [5, 5.41) is 9.25. The van der Waals surface area contributed by atoms with Crippen molar-refractivity contribution < 1.29 is 5.11 Å². The first kappa shape index (κ1) is 10.0. The molecule has 0 fully saturated rings. The number of rotatable bonds is 3. The molecule has 1 rings (SSSR count). The van der Waals surface area contributed by atoms with Gasteiger partial charge in [0, 0.05) is 0 Å². The van der Waals surface area contributed by atoms with Crippen molar-refractivity contribution in [3.63, 3.8) is 0 Å². The fourth-order valence-corrected chi connectivity index (χ4v) is 0.988.